The van der Waals surface area contributed by atoms with Gasteiger partial charge in [0.2, 0.25) is 5.91 Å². The van der Waals surface area contributed by atoms with Gasteiger partial charge in [-0.25, -0.2) is 4.90 Å². The van der Waals surface area contributed by atoms with Crippen LogP contribution >= 0.6 is 0 Å². The predicted molar refractivity (Wildman–Crippen MR) is 99.7 cm³/mol. The maximum atomic E-state index is 13.0. The van der Waals surface area contributed by atoms with Gasteiger partial charge in [0.15, 0.2) is 0 Å². The van der Waals surface area contributed by atoms with Crippen molar-refractivity contribution < 1.29 is 24.0 Å². The molecule has 0 saturated carbocycles. The maximum absolute atomic E-state index is 13.0. The van der Waals surface area contributed by atoms with E-state index in [1.807, 2.05) is 4.90 Å². The van der Waals surface area contributed by atoms with E-state index < -0.39 is 22.8 Å². The van der Waals surface area contributed by atoms with Gasteiger partial charge in [0.25, 0.3) is 11.6 Å². The first-order valence-corrected chi connectivity index (χ1v) is 9.36. The van der Waals surface area contributed by atoms with Crippen LogP contribution in [0.15, 0.2) is 18.2 Å². The van der Waals surface area contributed by atoms with E-state index in [9.17, 15) is 24.5 Å². The number of nitrogens with zero attached hydrogens (tertiary/aromatic N) is 3. The minimum absolute atomic E-state index is 0.00346. The van der Waals surface area contributed by atoms with Gasteiger partial charge in [0.05, 0.1) is 35.6 Å². The molecule has 2 heterocycles. The molecular formula is C19H23N3O6. The van der Waals surface area contributed by atoms with E-state index in [2.05, 4.69) is 0 Å². The summed E-state index contributed by atoms with van der Waals surface area (Å²) in [5, 5.41) is 11.1. The van der Waals surface area contributed by atoms with E-state index in [1.54, 1.807) is 13.8 Å². The van der Waals surface area contributed by atoms with Gasteiger partial charge in [-0.3, -0.25) is 29.4 Å². The zero-order valence-corrected chi connectivity index (χ0v) is 15.9. The summed E-state index contributed by atoms with van der Waals surface area (Å²) in [7, 11) is 0. The van der Waals surface area contributed by atoms with Crippen LogP contribution in [0, 0.1) is 23.0 Å². The number of aryl methyl sites for hydroxylation is 1. The number of piperidine rings is 1. The molecule has 9 nitrogen and oxygen atoms in total. The molecule has 2 atom stereocenters. The minimum Gasteiger partial charge on any atom is -0.466 e. The van der Waals surface area contributed by atoms with Crippen LogP contribution in [-0.4, -0.2) is 53.3 Å². The van der Waals surface area contributed by atoms with E-state index in [1.165, 1.54) is 18.2 Å². The summed E-state index contributed by atoms with van der Waals surface area (Å²) in [6.07, 6.45) is 1.42. The summed E-state index contributed by atoms with van der Waals surface area (Å²) in [6, 6.07) is 3.46. The third-order valence-electron chi connectivity index (χ3n) is 5.28. The number of nitro groups is 1. The quantitative estimate of drug-likeness (QED) is 0.327. The Kier molecular flexibility index (Phi) is 5.73. The number of rotatable bonds is 5. The molecule has 0 spiro atoms. The molecule has 150 valence electrons. The molecule has 0 aromatic heterocycles. The average Bonchev–Trinajstić information content (AvgIpc) is 2.96. The van der Waals surface area contributed by atoms with Gasteiger partial charge < -0.3 is 4.74 Å². The molecule has 0 aliphatic carbocycles. The molecule has 3 rings (SSSR count). The summed E-state index contributed by atoms with van der Waals surface area (Å²) >= 11 is 0. The van der Waals surface area contributed by atoms with E-state index in [-0.39, 0.29) is 29.7 Å². The predicted octanol–water partition coefficient (Wildman–Crippen LogP) is 1.81. The third-order valence-corrected chi connectivity index (χ3v) is 5.28. The van der Waals surface area contributed by atoms with Crippen molar-refractivity contribution in [1.82, 2.24) is 4.90 Å². The van der Waals surface area contributed by atoms with Crippen molar-refractivity contribution >= 4 is 29.2 Å². The molecule has 1 aromatic rings. The van der Waals surface area contributed by atoms with Crippen LogP contribution in [-0.2, 0) is 19.1 Å². The molecule has 0 bridgehead atoms. The number of non-ortho nitro benzene ring substituents is 1. The fraction of sp³-hybridized carbons (Fsp3) is 0.526. The number of carbonyl (C=O) groups is 3. The standard InChI is InChI=1S/C19H23N3O6/c1-3-28-19(25)13-5-4-8-20(11-13)16-10-17(23)21(18(16)24)15-9-14(22(26)27)7-6-12(15)2/h6-7,9,13,16H,3-5,8,10-11H2,1-2H3/t13-,16+/m0/s1. The number of ether oxygens (including phenoxy) is 1. The van der Waals surface area contributed by atoms with Crippen LogP contribution in [0.25, 0.3) is 0 Å². The molecule has 9 heteroatoms. The van der Waals surface area contributed by atoms with Crippen molar-refractivity contribution in [2.24, 2.45) is 5.92 Å². The van der Waals surface area contributed by atoms with Crippen molar-refractivity contribution in [2.45, 2.75) is 39.2 Å². The number of hydrogen-bond acceptors (Lipinski definition) is 7. The molecule has 2 saturated heterocycles. The lowest BCUT2D eigenvalue weighted by Gasteiger charge is -2.34. The van der Waals surface area contributed by atoms with E-state index in [4.69, 9.17) is 4.74 Å². The fourth-order valence-electron chi connectivity index (χ4n) is 3.85. The van der Waals surface area contributed by atoms with Crippen LogP contribution in [0.4, 0.5) is 11.4 Å². The van der Waals surface area contributed by atoms with E-state index in [0.29, 0.717) is 31.7 Å². The van der Waals surface area contributed by atoms with Gasteiger partial charge in [-0.2, -0.15) is 0 Å². The highest BCUT2D eigenvalue weighted by Gasteiger charge is 2.45. The molecule has 2 aliphatic heterocycles. The van der Waals surface area contributed by atoms with Crippen LogP contribution in [0.5, 0.6) is 0 Å². The zero-order valence-electron chi connectivity index (χ0n) is 15.9. The molecule has 2 aliphatic rings. The van der Waals surface area contributed by atoms with Crippen molar-refractivity contribution in [3.63, 3.8) is 0 Å². The number of benzene rings is 1. The Balaban J connectivity index is 1.81. The Bertz CT molecular complexity index is 824. The lowest BCUT2D eigenvalue weighted by molar-refractivity contribution is -0.384. The zero-order chi connectivity index (χ0) is 20.4. The average molecular weight is 389 g/mol. The monoisotopic (exact) mass is 389 g/mol. The highest BCUT2D eigenvalue weighted by Crippen LogP contribution is 2.32. The smallest absolute Gasteiger partial charge is 0.310 e. The van der Waals surface area contributed by atoms with Crippen LogP contribution in [0.1, 0.15) is 31.7 Å². The number of nitro benzene ring substituents is 1. The normalized spacial score (nSPS) is 23.1. The van der Waals surface area contributed by atoms with Gasteiger partial charge in [-0.15, -0.1) is 0 Å². The summed E-state index contributed by atoms with van der Waals surface area (Å²) in [5.74, 6) is -1.39. The summed E-state index contributed by atoms with van der Waals surface area (Å²) in [5.41, 5.74) is 0.673. The molecule has 2 amide bonds. The second-order valence-corrected chi connectivity index (χ2v) is 7.10. The Hall–Kier alpha value is -2.81. The van der Waals surface area contributed by atoms with E-state index >= 15 is 0 Å². The van der Waals surface area contributed by atoms with Gasteiger partial charge >= 0.3 is 5.97 Å². The van der Waals surface area contributed by atoms with Gasteiger partial charge in [0.1, 0.15) is 0 Å². The number of imide groups is 1. The van der Waals surface area contributed by atoms with Crippen molar-refractivity contribution in [3.8, 4) is 0 Å². The first kappa shape index (κ1) is 19.9. The molecule has 0 N–H and O–H groups in total. The highest BCUT2D eigenvalue weighted by atomic mass is 16.6. The topological polar surface area (TPSA) is 110 Å². The molecule has 28 heavy (non-hydrogen) atoms. The summed E-state index contributed by atoms with van der Waals surface area (Å²) < 4.78 is 5.09. The molecule has 0 radical (unpaired) electrons. The second kappa shape index (κ2) is 8.05. The van der Waals surface area contributed by atoms with Gasteiger partial charge in [-0.1, -0.05) is 6.07 Å². The number of esters is 1. The Morgan fingerprint density at radius 3 is 2.79 bits per heavy atom. The number of likely N-dealkylation sites (tertiary alicyclic amines) is 1. The SMILES string of the molecule is CCOC(=O)[C@H]1CCCN([C@@H]2CC(=O)N(c3cc([N+](=O)[O-])ccc3C)C2=O)C1. The van der Waals surface area contributed by atoms with Crippen molar-refractivity contribution in [2.75, 3.05) is 24.6 Å². The molecule has 1 aromatic carbocycles. The Labute approximate surface area is 162 Å². The van der Waals surface area contributed by atoms with Crippen LogP contribution < -0.4 is 4.90 Å². The number of carbonyl (C=O) groups excluding carboxylic acids is 3. The van der Waals surface area contributed by atoms with Gasteiger partial charge in [-0.05, 0) is 38.8 Å². The molecule has 0 unspecified atom stereocenters. The van der Waals surface area contributed by atoms with E-state index in [0.717, 1.165) is 11.3 Å². The summed E-state index contributed by atoms with van der Waals surface area (Å²) in [4.78, 5) is 51.1. The van der Waals surface area contributed by atoms with Crippen molar-refractivity contribution in [1.29, 1.82) is 0 Å². The summed E-state index contributed by atoms with van der Waals surface area (Å²) in [6.45, 7) is 4.73. The van der Waals surface area contributed by atoms with Crippen LogP contribution in [0.3, 0.4) is 0 Å². The number of hydrogen-bond donors (Lipinski definition) is 0. The van der Waals surface area contributed by atoms with Gasteiger partial charge in [0, 0.05) is 18.7 Å². The van der Waals surface area contributed by atoms with Crippen LogP contribution in [0.2, 0.25) is 0 Å². The van der Waals surface area contributed by atoms with Crippen molar-refractivity contribution in [3.05, 3.63) is 33.9 Å². The number of anilines is 1. The first-order chi connectivity index (χ1) is 13.3. The number of amides is 2. The molecular weight excluding hydrogens is 366 g/mol. The lowest BCUT2D eigenvalue weighted by atomic mass is 9.96. The minimum atomic E-state index is -0.664. The molecule has 2 fully saturated rings. The maximum Gasteiger partial charge on any atom is 0.310 e. The third kappa shape index (κ3) is 3.75. The fourth-order valence-corrected chi connectivity index (χ4v) is 3.85. The first-order valence-electron chi connectivity index (χ1n) is 9.36. The highest BCUT2D eigenvalue weighted by molar-refractivity contribution is 6.22. The second-order valence-electron chi connectivity index (χ2n) is 7.10. The lowest BCUT2D eigenvalue weighted by Crippen LogP contribution is -2.48. The Morgan fingerprint density at radius 1 is 1.36 bits per heavy atom. The largest absolute Gasteiger partial charge is 0.466 e. The Morgan fingerprint density at radius 2 is 2.11 bits per heavy atom.